The monoisotopic (exact) mass is 383 g/mol. The van der Waals surface area contributed by atoms with Crippen LogP contribution in [0.4, 0.5) is 0 Å². The summed E-state index contributed by atoms with van der Waals surface area (Å²) in [5.74, 6) is 1.29. The van der Waals surface area contributed by atoms with E-state index in [4.69, 9.17) is 0 Å². The van der Waals surface area contributed by atoms with E-state index in [0.717, 1.165) is 12.3 Å². The van der Waals surface area contributed by atoms with Gasteiger partial charge in [0.1, 0.15) is 5.65 Å². The average molecular weight is 384 g/mol. The van der Waals surface area contributed by atoms with E-state index in [1.807, 2.05) is 6.20 Å². The molecule has 0 amide bonds. The number of nitrogens with zero attached hydrogens (tertiary/aromatic N) is 5. The molecule has 2 aromatic rings. The Morgan fingerprint density at radius 2 is 1.68 bits per heavy atom. The molecule has 4 heterocycles. The molecule has 5 nitrogen and oxygen atoms in total. The predicted octanol–water partition coefficient (Wildman–Crippen LogP) is 3.62. The number of piperidine rings is 1. The second kappa shape index (κ2) is 8.93. The summed E-state index contributed by atoms with van der Waals surface area (Å²) in [6.45, 7) is 16.6. The smallest absolute Gasteiger partial charge is 0.136 e. The Hall–Kier alpha value is -1.43. The standard InChI is InChI=1S/C23H37N5/c1-4-19(3)21-16-23-24-8-11-28(23)17-22(21)20-6-9-26(10-7-20)18-27-14-12-25(5-2)13-15-27/h8,11,16-17,19-20H,4-7,9-10,12-15,18H2,1-3H3. The first-order valence-electron chi connectivity index (χ1n) is 11.3. The molecule has 5 heteroatoms. The van der Waals surface area contributed by atoms with Crippen LogP contribution in [0.5, 0.6) is 0 Å². The summed E-state index contributed by atoms with van der Waals surface area (Å²) in [6, 6.07) is 2.34. The first kappa shape index (κ1) is 19.9. The van der Waals surface area contributed by atoms with Crippen molar-refractivity contribution in [3.8, 4) is 0 Å². The third kappa shape index (κ3) is 4.27. The van der Waals surface area contributed by atoms with Crippen LogP contribution in [0, 0.1) is 0 Å². The molecule has 1 unspecified atom stereocenters. The lowest BCUT2D eigenvalue weighted by atomic mass is 9.83. The molecule has 0 aliphatic carbocycles. The van der Waals surface area contributed by atoms with E-state index in [0.29, 0.717) is 11.8 Å². The fourth-order valence-electron chi connectivity index (χ4n) is 4.90. The molecule has 4 rings (SSSR count). The van der Waals surface area contributed by atoms with Crippen LogP contribution in [-0.4, -0.2) is 76.6 Å². The van der Waals surface area contributed by atoms with E-state index in [-0.39, 0.29) is 0 Å². The summed E-state index contributed by atoms with van der Waals surface area (Å²) < 4.78 is 2.21. The highest BCUT2D eigenvalue weighted by atomic mass is 15.3. The van der Waals surface area contributed by atoms with E-state index in [1.165, 1.54) is 70.6 Å². The van der Waals surface area contributed by atoms with Gasteiger partial charge >= 0.3 is 0 Å². The van der Waals surface area contributed by atoms with Crippen LogP contribution in [0.1, 0.15) is 63.0 Å². The number of fused-ring (bicyclic) bond motifs is 1. The molecular formula is C23H37N5. The summed E-state index contributed by atoms with van der Waals surface area (Å²) in [5.41, 5.74) is 4.18. The molecule has 2 aliphatic heterocycles. The maximum Gasteiger partial charge on any atom is 0.136 e. The fourth-order valence-corrected chi connectivity index (χ4v) is 4.90. The van der Waals surface area contributed by atoms with Crippen molar-refractivity contribution in [2.45, 2.75) is 51.9 Å². The lowest BCUT2D eigenvalue weighted by Crippen LogP contribution is -2.50. The van der Waals surface area contributed by atoms with Gasteiger partial charge in [-0.25, -0.2) is 4.98 Å². The van der Waals surface area contributed by atoms with Crippen LogP contribution >= 0.6 is 0 Å². The minimum atomic E-state index is 0.601. The average Bonchev–Trinajstić information content (AvgIpc) is 3.21. The van der Waals surface area contributed by atoms with Crippen molar-refractivity contribution < 1.29 is 0 Å². The van der Waals surface area contributed by atoms with Crippen molar-refractivity contribution in [1.82, 2.24) is 24.1 Å². The highest BCUT2D eigenvalue weighted by Crippen LogP contribution is 2.35. The quantitative estimate of drug-likeness (QED) is 0.761. The normalized spacial score (nSPS) is 22.1. The van der Waals surface area contributed by atoms with E-state index < -0.39 is 0 Å². The molecular weight excluding hydrogens is 346 g/mol. The zero-order valence-corrected chi connectivity index (χ0v) is 18.0. The van der Waals surface area contributed by atoms with Gasteiger partial charge in [0.15, 0.2) is 0 Å². The number of likely N-dealkylation sites (tertiary alicyclic amines) is 1. The molecule has 2 saturated heterocycles. The van der Waals surface area contributed by atoms with Crippen molar-refractivity contribution >= 4 is 5.65 Å². The molecule has 0 saturated carbocycles. The molecule has 1 atom stereocenters. The number of piperazine rings is 1. The van der Waals surface area contributed by atoms with Gasteiger partial charge in [0.2, 0.25) is 0 Å². The number of hydrogen-bond acceptors (Lipinski definition) is 4. The Morgan fingerprint density at radius 1 is 1.00 bits per heavy atom. The van der Waals surface area contributed by atoms with Gasteiger partial charge in [-0.3, -0.25) is 9.80 Å². The minimum Gasteiger partial charge on any atom is -0.307 e. The van der Waals surface area contributed by atoms with Gasteiger partial charge in [-0.2, -0.15) is 0 Å². The Kier molecular flexibility index (Phi) is 6.34. The topological polar surface area (TPSA) is 27.0 Å². The van der Waals surface area contributed by atoms with Crippen LogP contribution in [0.15, 0.2) is 24.7 Å². The maximum atomic E-state index is 4.52. The summed E-state index contributed by atoms with van der Waals surface area (Å²) in [5, 5.41) is 0. The highest BCUT2D eigenvalue weighted by molar-refractivity contribution is 5.47. The van der Waals surface area contributed by atoms with Crippen LogP contribution in [0.2, 0.25) is 0 Å². The molecule has 0 spiro atoms. The zero-order chi connectivity index (χ0) is 19.5. The van der Waals surface area contributed by atoms with Gasteiger partial charge in [-0.15, -0.1) is 0 Å². The number of imidazole rings is 1. The Bertz CT molecular complexity index is 753. The molecule has 0 radical (unpaired) electrons. The Labute approximate surface area is 170 Å². The van der Waals surface area contributed by atoms with Gasteiger partial charge in [0.25, 0.3) is 0 Å². The second-order valence-electron chi connectivity index (χ2n) is 8.77. The Balaban J connectivity index is 1.39. The van der Waals surface area contributed by atoms with E-state index in [2.05, 4.69) is 63.3 Å². The largest absolute Gasteiger partial charge is 0.307 e. The van der Waals surface area contributed by atoms with Crippen molar-refractivity contribution in [3.05, 3.63) is 35.8 Å². The molecule has 2 fully saturated rings. The van der Waals surface area contributed by atoms with Gasteiger partial charge in [0.05, 0.1) is 6.67 Å². The number of hydrogen-bond donors (Lipinski definition) is 0. The molecule has 0 bridgehead atoms. The first-order chi connectivity index (χ1) is 13.7. The molecule has 154 valence electrons. The molecule has 28 heavy (non-hydrogen) atoms. The fraction of sp³-hybridized carbons (Fsp3) is 0.696. The van der Waals surface area contributed by atoms with Gasteiger partial charge < -0.3 is 9.30 Å². The third-order valence-electron chi connectivity index (χ3n) is 7.08. The van der Waals surface area contributed by atoms with Gasteiger partial charge in [-0.05, 0) is 67.9 Å². The van der Waals surface area contributed by atoms with E-state index >= 15 is 0 Å². The van der Waals surface area contributed by atoms with Gasteiger partial charge in [0, 0.05) is 44.8 Å². The SMILES string of the molecule is CCC(C)c1cc2nccn2cc1C1CCN(CN2CCN(CC)CC2)CC1. The number of aromatic nitrogens is 2. The third-order valence-corrected chi connectivity index (χ3v) is 7.08. The number of likely N-dealkylation sites (N-methyl/N-ethyl adjacent to an activating group) is 1. The molecule has 2 aromatic heterocycles. The summed E-state index contributed by atoms with van der Waals surface area (Å²) in [4.78, 5) is 12.4. The molecule has 0 N–H and O–H groups in total. The summed E-state index contributed by atoms with van der Waals surface area (Å²) >= 11 is 0. The number of pyridine rings is 1. The second-order valence-corrected chi connectivity index (χ2v) is 8.77. The lowest BCUT2D eigenvalue weighted by molar-refractivity contribution is 0.0634. The molecule has 0 aromatic carbocycles. The van der Waals surface area contributed by atoms with Crippen molar-refractivity contribution in [1.29, 1.82) is 0 Å². The highest BCUT2D eigenvalue weighted by Gasteiger charge is 2.26. The number of rotatable bonds is 6. The van der Waals surface area contributed by atoms with Crippen molar-refractivity contribution in [2.75, 3.05) is 52.5 Å². The van der Waals surface area contributed by atoms with E-state index in [9.17, 15) is 0 Å². The van der Waals surface area contributed by atoms with Crippen LogP contribution in [-0.2, 0) is 0 Å². The predicted molar refractivity (Wildman–Crippen MR) is 116 cm³/mol. The maximum absolute atomic E-state index is 4.52. The zero-order valence-electron chi connectivity index (χ0n) is 18.0. The summed E-state index contributed by atoms with van der Waals surface area (Å²) in [6.07, 6.45) is 10.1. The first-order valence-corrected chi connectivity index (χ1v) is 11.3. The van der Waals surface area contributed by atoms with E-state index in [1.54, 1.807) is 5.56 Å². The van der Waals surface area contributed by atoms with Crippen LogP contribution < -0.4 is 0 Å². The van der Waals surface area contributed by atoms with Crippen LogP contribution in [0.25, 0.3) is 5.65 Å². The van der Waals surface area contributed by atoms with Crippen molar-refractivity contribution in [2.24, 2.45) is 0 Å². The summed E-state index contributed by atoms with van der Waals surface area (Å²) in [7, 11) is 0. The van der Waals surface area contributed by atoms with Crippen molar-refractivity contribution in [3.63, 3.8) is 0 Å². The molecule has 2 aliphatic rings. The Morgan fingerprint density at radius 3 is 2.36 bits per heavy atom. The minimum absolute atomic E-state index is 0.601. The van der Waals surface area contributed by atoms with Gasteiger partial charge in [-0.1, -0.05) is 20.8 Å². The lowest BCUT2D eigenvalue weighted by Gasteiger charge is -2.40. The van der Waals surface area contributed by atoms with Crippen LogP contribution in [0.3, 0.4) is 0 Å².